The van der Waals surface area contributed by atoms with E-state index in [2.05, 4.69) is 0 Å². The number of aromatic hydroxyl groups is 1. The van der Waals surface area contributed by atoms with Gasteiger partial charge in [-0.3, -0.25) is 9.59 Å². The van der Waals surface area contributed by atoms with Crippen molar-refractivity contribution in [2.24, 2.45) is 17.6 Å². The molecule has 0 saturated heterocycles. The first-order valence-electron chi connectivity index (χ1n) is 6.61. The van der Waals surface area contributed by atoms with Gasteiger partial charge >= 0.3 is 0 Å². The van der Waals surface area contributed by atoms with Gasteiger partial charge in [-0.05, 0) is 18.2 Å². The van der Waals surface area contributed by atoms with Crippen LogP contribution in [0.15, 0.2) is 34.6 Å². The molecule has 0 heterocycles. The number of anilines is 1. The van der Waals surface area contributed by atoms with Gasteiger partial charge in [-0.15, -0.1) is 0 Å². The van der Waals surface area contributed by atoms with Crippen molar-refractivity contribution in [3.8, 4) is 5.75 Å². The van der Waals surface area contributed by atoms with E-state index in [4.69, 9.17) is 11.5 Å². The van der Waals surface area contributed by atoms with E-state index in [1.807, 2.05) is 0 Å². The average Bonchev–Trinajstić information content (AvgIpc) is 2.47. The molecule has 0 radical (unpaired) electrons. The Morgan fingerprint density at radius 1 is 1.00 bits per heavy atom. The number of hydrogen-bond acceptors (Lipinski definition) is 9. The van der Waals surface area contributed by atoms with Crippen molar-refractivity contribution in [2.75, 3.05) is 5.73 Å². The van der Waals surface area contributed by atoms with E-state index in [0.717, 1.165) is 6.07 Å². The van der Waals surface area contributed by atoms with Gasteiger partial charge in [0.15, 0.2) is 11.6 Å². The molecule has 1 aromatic carbocycles. The molecule has 0 fully saturated rings. The van der Waals surface area contributed by atoms with E-state index >= 15 is 0 Å². The van der Waals surface area contributed by atoms with Crippen LogP contribution in [0.3, 0.4) is 0 Å². The van der Waals surface area contributed by atoms with Crippen LogP contribution in [-0.2, 0) is 10.1 Å². The molecule has 10 heteroatoms. The van der Waals surface area contributed by atoms with E-state index in [0.29, 0.717) is 6.08 Å². The molecule has 0 saturated carbocycles. The number of phenolic OH excluding ortho intramolecular Hbond substituents is 1. The summed E-state index contributed by atoms with van der Waals surface area (Å²) in [5.41, 5.74) is 10.1. The van der Waals surface area contributed by atoms with Gasteiger partial charge in [0.1, 0.15) is 21.6 Å². The SMILES string of the molecule is NC1=CC(S(=O)(=O)[O-])=C(O)C2C(=O)c3c(N)ccc(O)c3C(=O)C12. The van der Waals surface area contributed by atoms with Gasteiger partial charge in [0.2, 0.25) is 0 Å². The van der Waals surface area contributed by atoms with Crippen LogP contribution in [0.1, 0.15) is 20.7 Å². The number of allylic oxidation sites excluding steroid dienone is 3. The van der Waals surface area contributed by atoms with Crippen LogP contribution in [-0.4, -0.2) is 34.8 Å². The Labute approximate surface area is 135 Å². The second kappa shape index (κ2) is 4.82. The van der Waals surface area contributed by atoms with Gasteiger partial charge in [0.05, 0.1) is 27.9 Å². The number of nitrogens with two attached hydrogens (primary N) is 2. The van der Waals surface area contributed by atoms with Crippen LogP contribution in [0.2, 0.25) is 0 Å². The summed E-state index contributed by atoms with van der Waals surface area (Å²) in [5, 5.41) is 20.0. The number of fused-ring (bicyclic) bond motifs is 2. The molecule has 0 bridgehead atoms. The molecule has 126 valence electrons. The fraction of sp³-hybridized carbons (Fsp3) is 0.143. The molecular formula is C14H11N2O7S-. The van der Waals surface area contributed by atoms with Gasteiger partial charge < -0.3 is 26.2 Å². The van der Waals surface area contributed by atoms with Crippen molar-refractivity contribution >= 4 is 27.4 Å². The minimum atomic E-state index is -5.12. The van der Waals surface area contributed by atoms with E-state index < -0.39 is 49.9 Å². The summed E-state index contributed by atoms with van der Waals surface area (Å²) in [4.78, 5) is 24.2. The summed E-state index contributed by atoms with van der Waals surface area (Å²) in [7, 11) is -5.12. The summed E-state index contributed by atoms with van der Waals surface area (Å²) in [5.74, 6) is -6.37. The Bertz CT molecular complexity index is 975. The number of carbonyl (C=O) groups excluding carboxylic acids is 2. The maximum atomic E-state index is 12.7. The molecule has 0 aromatic heterocycles. The number of rotatable bonds is 1. The Balaban J connectivity index is 2.34. The lowest BCUT2D eigenvalue weighted by Gasteiger charge is -2.35. The van der Waals surface area contributed by atoms with Crippen LogP contribution >= 0.6 is 0 Å². The molecule has 2 aliphatic rings. The molecule has 0 spiro atoms. The predicted molar refractivity (Wildman–Crippen MR) is 79.8 cm³/mol. The Hall–Kier alpha value is -2.85. The third-order valence-electron chi connectivity index (χ3n) is 4.08. The molecule has 6 N–H and O–H groups in total. The summed E-state index contributed by atoms with van der Waals surface area (Å²) in [6.07, 6.45) is 0.651. The van der Waals surface area contributed by atoms with Crippen molar-refractivity contribution in [1.82, 2.24) is 0 Å². The zero-order valence-corrected chi connectivity index (χ0v) is 12.7. The second-order valence-corrected chi connectivity index (χ2v) is 6.80. The van der Waals surface area contributed by atoms with Gasteiger partial charge in [-0.2, -0.15) is 0 Å². The summed E-state index contributed by atoms with van der Waals surface area (Å²) in [6, 6.07) is 2.32. The largest absolute Gasteiger partial charge is 0.744 e. The highest BCUT2D eigenvalue weighted by molar-refractivity contribution is 7.90. The van der Waals surface area contributed by atoms with Gasteiger partial charge in [-0.25, -0.2) is 8.42 Å². The lowest BCUT2D eigenvalue weighted by molar-refractivity contribution is 0.0745. The van der Waals surface area contributed by atoms with Gasteiger partial charge in [0, 0.05) is 11.4 Å². The summed E-state index contributed by atoms with van der Waals surface area (Å²) >= 11 is 0. The number of carbonyl (C=O) groups is 2. The number of phenols is 1. The third-order valence-corrected chi connectivity index (χ3v) is 4.95. The van der Waals surface area contributed by atoms with Crippen molar-refractivity contribution in [3.05, 3.63) is 45.7 Å². The average molecular weight is 351 g/mol. The molecule has 2 aliphatic carbocycles. The first-order valence-corrected chi connectivity index (χ1v) is 8.02. The molecule has 1 aromatic rings. The summed E-state index contributed by atoms with van der Waals surface area (Å²) < 4.78 is 33.7. The molecule has 2 atom stereocenters. The number of ketones is 2. The van der Waals surface area contributed by atoms with Crippen LogP contribution in [0.25, 0.3) is 0 Å². The van der Waals surface area contributed by atoms with E-state index in [1.165, 1.54) is 6.07 Å². The highest BCUT2D eigenvalue weighted by Gasteiger charge is 2.49. The van der Waals surface area contributed by atoms with Gasteiger partial charge in [-0.1, -0.05) is 0 Å². The zero-order valence-electron chi connectivity index (χ0n) is 11.9. The smallest absolute Gasteiger partial charge is 0.177 e. The number of Topliss-reactive ketones (excluding diaryl/α,β-unsaturated/α-hetero) is 2. The van der Waals surface area contributed by atoms with Crippen LogP contribution < -0.4 is 11.5 Å². The fourth-order valence-corrected chi connectivity index (χ4v) is 3.69. The lowest BCUT2D eigenvalue weighted by Crippen LogP contribution is -2.43. The molecule has 24 heavy (non-hydrogen) atoms. The minimum absolute atomic E-state index is 0.132. The minimum Gasteiger partial charge on any atom is -0.744 e. The fourth-order valence-electron chi connectivity index (χ4n) is 3.03. The highest BCUT2D eigenvalue weighted by atomic mass is 32.2. The number of benzene rings is 1. The lowest BCUT2D eigenvalue weighted by atomic mass is 9.69. The molecule has 9 nitrogen and oxygen atoms in total. The normalized spacial score (nSPS) is 23.6. The number of hydrogen-bond donors (Lipinski definition) is 4. The van der Waals surface area contributed by atoms with Crippen molar-refractivity contribution in [3.63, 3.8) is 0 Å². The maximum absolute atomic E-state index is 12.7. The summed E-state index contributed by atoms with van der Waals surface area (Å²) in [6.45, 7) is 0. The molecule has 0 amide bonds. The predicted octanol–water partition coefficient (Wildman–Crippen LogP) is -0.243. The van der Waals surface area contributed by atoms with E-state index in [9.17, 15) is 32.8 Å². The number of nitrogen functional groups attached to an aromatic ring is 1. The van der Waals surface area contributed by atoms with Crippen LogP contribution in [0.4, 0.5) is 5.69 Å². The maximum Gasteiger partial charge on any atom is 0.177 e. The Kier molecular flexibility index (Phi) is 3.22. The van der Waals surface area contributed by atoms with E-state index in [1.54, 1.807) is 0 Å². The van der Waals surface area contributed by atoms with Gasteiger partial charge in [0.25, 0.3) is 0 Å². The molecule has 3 rings (SSSR count). The topological polar surface area (TPSA) is 184 Å². The van der Waals surface area contributed by atoms with Crippen LogP contribution in [0.5, 0.6) is 5.75 Å². The molecule has 2 unspecified atom stereocenters. The third kappa shape index (κ3) is 2.00. The second-order valence-electron chi connectivity index (χ2n) is 5.46. The Morgan fingerprint density at radius 3 is 2.17 bits per heavy atom. The molecule has 0 aliphatic heterocycles. The molecular weight excluding hydrogens is 340 g/mol. The van der Waals surface area contributed by atoms with Crippen LogP contribution in [0, 0.1) is 11.8 Å². The van der Waals surface area contributed by atoms with E-state index in [-0.39, 0.29) is 22.5 Å². The van der Waals surface area contributed by atoms with Crippen molar-refractivity contribution < 1.29 is 32.8 Å². The highest BCUT2D eigenvalue weighted by Crippen LogP contribution is 2.45. The van der Waals surface area contributed by atoms with Crippen molar-refractivity contribution in [1.29, 1.82) is 0 Å². The number of aliphatic hydroxyl groups is 1. The Morgan fingerprint density at radius 2 is 1.58 bits per heavy atom. The van der Waals surface area contributed by atoms with Crippen molar-refractivity contribution in [2.45, 2.75) is 0 Å². The first-order chi connectivity index (χ1) is 11.1. The zero-order chi connectivity index (χ0) is 18.0. The quantitative estimate of drug-likeness (QED) is 0.301. The monoisotopic (exact) mass is 351 g/mol. The number of aliphatic hydroxyl groups excluding tert-OH is 1. The standard InChI is InChI=1S/C14H12N2O7S/c15-4-1-2-6(17)10-8(4)14(20)11-9(13(10)19)5(16)3-7(12(11)18)24(21,22)23/h1-3,9,11,17-18H,15-16H2,(H,21,22,23)/p-1. The first kappa shape index (κ1) is 16.0.